The molecule has 0 aliphatic rings. The molecule has 7 heteroatoms. The fourth-order valence-electron chi connectivity index (χ4n) is 1.31. The third kappa shape index (κ3) is 3.15. The van der Waals surface area contributed by atoms with Crippen LogP contribution in [0.1, 0.15) is 0 Å². The zero-order valence-corrected chi connectivity index (χ0v) is 12.8. The monoisotopic (exact) mass is 356 g/mol. The van der Waals surface area contributed by atoms with Crippen LogP contribution in [0.25, 0.3) is 0 Å². The first-order chi connectivity index (χ1) is 8.90. The molecule has 0 aliphatic carbocycles. The van der Waals surface area contributed by atoms with Gasteiger partial charge in [0.15, 0.2) is 11.5 Å². The number of halogens is 5. The van der Waals surface area contributed by atoms with Crippen LogP contribution in [0.4, 0.5) is 0 Å². The SMILES string of the molecule is Oc1ccc(Cl)c(Cl)c1Oc1cc(Cl)c(Cl)cc1Cl. The Kier molecular flexibility index (Phi) is 4.59. The molecule has 2 nitrogen and oxygen atoms in total. The largest absolute Gasteiger partial charge is 0.504 e. The predicted octanol–water partition coefficient (Wildman–Crippen LogP) is 6.45. The number of hydrogen-bond acceptors (Lipinski definition) is 2. The summed E-state index contributed by atoms with van der Waals surface area (Å²) in [5, 5.41) is 10.8. The van der Waals surface area contributed by atoms with E-state index in [4.69, 9.17) is 62.7 Å². The number of phenols is 1. The summed E-state index contributed by atoms with van der Waals surface area (Å²) in [7, 11) is 0. The van der Waals surface area contributed by atoms with Gasteiger partial charge in [0.05, 0.1) is 20.1 Å². The number of ether oxygens (including phenoxy) is 1. The molecule has 0 atom stereocenters. The van der Waals surface area contributed by atoms with E-state index in [2.05, 4.69) is 0 Å². The summed E-state index contributed by atoms with van der Waals surface area (Å²) < 4.78 is 5.45. The van der Waals surface area contributed by atoms with E-state index in [1.807, 2.05) is 0 Å². The first-order valence-corrected chi connectivity index (χ1v) is 6.78. The predicted molar refractivity (Wildman–Crippen MR) is 79.7 cm³/mol. The third-order valence-corrected chi connectivity index (χ3v) is 4.02. The Morgan fingerprint density at radius 1 is 0.789 bits per heavy atom. The van der Waals surface area contributed by atoms with E-state index in [0.29, 0.717) is 5.02 Å². The fraction of sp³-hybridized carbons (Fsp3) is 0. The van der Waals surface area contributed by atoms with Gasteiger partial charge in [-0.15, -0.1) is 0 Å². The lowest BCUT2D eigenvalue weighted by Crippen LogP contribution is -1.88. The van der Waals surface area contributed by atoms with Crippen molar-refractivity contribution < 1.29 is 9.84 Å². The molecule has 2 rings (SSSR count). The number of rotatable bonds is 2. The molecule has 19 heavy (non-hydrogen) atoms. The van der Waals surface area contributed by atoms with Crippen LogP contribution in [-0.2, 0) is 0 Å². The van der Waals surface area contributed by atoms with Crippen LogP contribution in [0.5, 0.6) is 17.2 Å². The first kappa shape index (κ1) is 14.9. The van der Waals surface area contributed by atoms with Gasteiger partial charge in [-0.05, 0) is 18.2 Å². The minimum absolute atomic E-state index is 0.00513. The van der Waals surface area contributed by atoms with E-state index in [0.717, 1.165) is 0 Å². The maximum absolute atomic E-state index is 9.72. The van der Waals surface area contributed by atoms with Gasteiger partial charge in [-0.1, -0.05) is 58.0 Å². The average molecular weight is 358 g/mol. The maximum Gasteiger partial charge on any atom is 0.189 e. The lowest BCUT2D eigenvalue weighted by molar-refractivity contribution is 0.411. The molecule has 0 aliphatic heterocycles. The highest BCUT2D eigenvalue weighted by molar-refractivity contribution is 6.44. The molecule has 0 saturated heterocycles. The molecule has 1 N–H and O–H groups in total. The molecule has 0 radical (unpaired) electrons. The summed E-state index contributed by atoms with van der Waals surface area (Å²) in [5.41, 5.74) is 0. The Bertz CT molecular complexity index is 643. The van der Waals surface area contributed by atoms with Crippen molar-refractivity contribution in [1.29, 1.82) is 0 Å². The smallest absolute Gasteiger partial charge is 0.189 e. The molecule has 0 aromatic heterocycles. The lowest BCUT2D eigenvalue weighted by Gasteiger charge is -2.12. The lowest BCUT2D eigenvalue weighted by atomic mass is 10.3. The van der Waals surface area contributed by atoms with Gasteiger partial charge >= 0.3 is 0 Å². The maximum atomic E-state index is 9.72. The van der Waals surface area contributed by atoms with E-state index in [9.17, 15) is 5.11 Å². The summed E-state index contributed by atoms with van der Waals surface area (Å²) in [5.74, 6) is 0.0292. The molecule has 100 valence electrons. The van der Waals surface area contributed by atoms with Gasteiger partial charge in [-0.3, -0.25) is 0 Å². The second-order valence-corrected chi connectivity index (χ2v) is 5.52. The molecule has 0 unspecified atom stereocenters. The van der Waals surface area contributed by atoms with Crippen LogP contribution in [0.3, 0.4) is 0 Å². The highest BCUT2D eigenvalue weighted by Gasteiger charge is 2.15. The van der Waals surface area contributed by atoms with Crippen LogP contribution in [0.15, 0.2) is 24.3 Å². The second-order valence-electron chi connectivity index (χ2n) is 3.51. The standard InChI is InChI=1S/C12H5Cl5O2/c13-5-1-2-9(18)12(11(5)17)19-10-4-7(15)6(14)3-8(10)16/h1-4,18H. The second kappa shape index (κ2) is 5.86. The number of aromatic hydroxyl groups is 1. The van der Waals surface area contributed by atoms with Crippen molar-refractivity contribution in [3.63, 3.8) is 0 Å². The highest BCUT2D eigenvalue weighted by Crippen LogP contribution is 2.44. The average Bonchev–Trinajstić information content (AvgIpc) is 2.36. The molecule has 0 spiro atoms. The normalized spacial score (nSPS) is 10.6. The van der Waals surface area contributed by atoms with Crippen molar-refractivity contribution in [2.24, 2.45) is 0 Å². The zero-order chi connectivity index (χ0) is 14.2. The molecule has 0 saturated carbocycles. The van der Waals surface area contributed by atoms with Crippen LogP contribution in [-0.4, -0.2) is 5.11 Å². The van der Waals surface area contributed by atoms with Gasteiger partial charge in [0.2, 0.25) is 0 Å². The molecule has 2 aromatic rings. The van der Waals surface area contributed by atoms with Gasteiger partial charge in [-0.25, -0.2) is 0 Å². The van der Waals surface area contributed by atoms with Crippen LogP contribution < -0.4 is 4.74 Å². The van der Waals surface area contributed by atoms with E-state index >= 15 is 0 Å². The van der Waals surface area contributed by atoms with Crippen molar-refractivity contribution >= 4 is 58.0 Å². The van der Waals surface area contributed by atoms with Crippen molar-refractivity contribution in [1.82, 2.24) is 0 Å². The summed E-state index contributed by atoms with van der Waals surface area (Å²) in [6.07, 6.45) is 0. The van der Waals surface area contributed by atoms with E-state index in [1.165, 1.54) is 24.3 Å². The Morgan fingerprint density at radius 2 is 1.42 bits per heavy atom. The van der Waals surface area contributed by atoms with Crippen molar-refractivity contribution in [2.45, 2.75) is 0 Å². The Balaban J connectivity index is 2.48. The molecule has 2 aromatic carbocycles. The summed E-state index contributed by atoms with van der Waals surface area (Å²) in [6, 6.07) is 5.65. The Hall–Kier alpha value is -0.510. The van der Waals surface area contributed by atoms with E-state index in [1.54, 1.807) is 0 Å². The molecule has 0 amide bonds. The van der Waals surface area contributed by atoms with Gasteiger partial charge in [0, 0.05) is 6.07 Å². The van der Waals surface area contributed by atoms with Gasteiger partial charge < -0.3 is 9.84 Å². The fourth-order valence-corrected chi connectivity index (χ4v) is 2.23. The minimum atomic E-state index is -0.170. The first-order valence-electron chi connectivity index (χ1n) is 4.89. The molecule has 0 bridgehead atoms. The third-order valence-electron chi connectivity index (χ3n) is 2.22. The number of benzene rings is 2. The van der Waals surface area contributed by atoms with Gasteiger partial charge in [0.25, 0.3) is 0 Å². The van der Waals surface area contributed by atoms with Crippen LogP contribution in [0.2, 0.25) is 25.1 Å². The summed E-state index contributed by atoms with van der Waals surface area (Å²) in [6.45, 7) is 0. The van der Waals surface area contributed by atoms with Crippen LogP contribution in [0, 0.1) is 0 Å². The van der Waals surface area contributed by atoms with Gasteiger partial charge in [-0.2, -0.15) is 0 Å². The molecular weight excluding hydrogens is 353 g/mol. The molecular formula is C12H5Cl5O2. The quantitative estimate of drug-likeness (QED) is 0.625. The highest BCUT2D eigenvalue weighted by atomic mass is 35.5. The van der Waals surface area contributed by atoms with Gasteiger partial charge in [0.1, 0.15) is 10.8 Å². The van der Waals surface area contributed by atoms with E-state index in [-0.39, 0.29) is 37.3 Å². The Morgan fingerprint density at radius 3 is 2.11 bits per heavy atom. The van der Waals surface area contributed by atoms with Crippen LogP contribution >= 0.6 is 58.0 Å². The Labute approximate surface area is 134 Å². The summed E-state index contributed by atoms with van der Waals surface area (Å²) in [4.78, 5) is 0. The topological polar surface area (TPSA) is 29.5 Å². The molecule has 0 heterocycles. The van der Waals surface area contributed by atoms with Crippen molar-refractivity contribution in [2.75, 3.05) is 0 Å². The number of hydrogen-bond donors (Lipinski definition) is 1. The zero-order valence-electron chi connectivity index (χ0n) is 9.05. The summed E-state index contributed by atoms with van der Waals surface area (Å²) >= 11 is 29.4. The number of phenolic OH excluding ortho intramolecular Hbond substituents is 1. The van der Waals surface area contributed by atoms with Crippen molar-refractivity contribution in [3.05, 3.63) is 49.4 Å². The van der Waals surface area contributed by atoms with Crippen molar-refractivity contribution in [3.8, 4) is 17.2 Å². The minimum Gasteiger partial charge on any atom is -0.504 e. The van der Waals surface area contributed by atoms with E-state index < -0.39 is 0 Å². The molecule has 0 fully saturated rings.